The highest BCUT2D eigenvalue weighted by molar-refractivity contribution is 5.98. The van der Waals surface area contributed by atoms with Crippen molar-refractivity contribution in [2.24, 2.45) is 0 Å². The molecule has 0 atom stereocenters. The Morgan fingerprint density at radius 3 is 2.14 bits per heavy atom. The lowest BCUT2D eigenvalue weighted by Gasteiger charge is -2.22. The molecular weight excluding hydrogens is 288 g/mol. The number of nitro benzene ring substituents is 1. The van der Waals surface area contributed by atoms with Crippen molar-refractivity contribution in [3.05, 3.63) is 39.4 Å². The summed E-state index contributed by atoms with van der Waals surface area (Å²) in [5.74, 6) is -1.86. The molecule has 0 saturated carbocycles. The SMILES string of the molecule is CC(C)(NC(=O)c1ccc(C(C)(C)C)c([N+](=O)[O-])c1)C(=O)O. The van der Waals surface area contributed by atoms with Gasteiger partial charge in [0, 0.05) is 17.2 Å². The van der Waals surface area contributed by atoms with Crippen LogP contribution in [0.4, 0.5) is 5.69 Å². The summed E-state index contributed by atoms with van der Waals surface area (Å²) >= 11 is 0. The first-order valence-corrected chi connectivity index (χ1v) is 6.71. The van der Waals surface area contributed by atoms with Gasteiger partial charge in [0.25, 0.3) is 11.6 Å². The van der Waals surface area contributed by atoms with E-state index in [0.717, 1.165) is 0 Å². The highest BCUT2D eigenvalue weighted by Crippen LogP contribution is 2.31. The van der Waals surface area contributed by atoms with E-state index in [0.29, 0.717) is 5.56 Å². The van der Waals surface area contributed by atoms with Crippen molar-refractivity contribution < 1.29 is 19.6 Å². The maximum absolute atomic E-state index is 12.1. The molecule has 0 fully saturated rings. The summed E-state index contributed by atoms with van der Waals surface area (Å²) in [5.41, 5.74) is -1.51. The van der Waals surface area contributed by atoms with Crippen molar-refractivity contribution in [1.82, 2.24) is 5.32 Å². The molecule has 0 radical (unpaired) electrons. The first-order valence-electron chi connectivity index (χ1n) is 6.71. The number of nitrogens with zero attached hydrogens (tertiary/aromatic N) is 1. The van der Waals surface area contributed by atoms with Gasteiger partial charge in [-0.15, -0.1) is 0 Å². The largest absolute Gasteiger partial charge is 0.480 e. The molecule has 0 heterocycles. The van der Waals surface area contributed by atoms with Crippen LogP contribution >= 0.6 is 0 Å². The number of carbonyl (C=O) groups excluding carboxylic acids is 1. The molecule has 0 bridgehead atoms. The molecule has 0 aromatic heterocycles. The molecule has 0 aliphatic rings. The predicted octanol–water partition coefficient (Wildman–Crippen LogP) is 2.49. The molecule has 120 valence electrons. The molecule has 1 aromatic carbocycles. The maximum Gasteiger partial charge on any atom is 0.328 e. The Bertz CT molecular complexity index is 629. The lowest BCUT2D eigenvalue weighted by atomic mass is 9.85. The number of carboxylic acid groups (broad SMARTS) is 1. The molecule has 1 rings (SSSR count). The number of hydrogen-bond donors (Lipinski definition) is 2. The summed E-state index contributed by atoms with van der Waals surface area (Å²) in [4.78, 5) is 33.8. The Kier molecular flexibility index (Phi) is 4.60. The van der Waals surface area contributed by atoms with E-state index in [1.807, 2.05) is 20.8 Å². The lowest BCUT2D eigenvalue weighted by Crippen LogP contribution is -2.49. The van der Waals surface area contributed by atoms with Crippen molar-refractivity contribution in [1.29, 1.82) is 0 Å². The molecule has 22 heavy (non-hydrogen) atoms. The highest BCUT2D eigenvalue weighted by atomic mass is 16.6. The molecule has 0 aliphatic carbocycles. The number of rotatable bonds is 4. The van der Waals surface area contributed by atoms with Crippen LogP contribution in [0.5, 0.6) is 0 Å². The minimum absolute atomic E-state index is 0.0500. The maximum atomic E-state index is 12.1. The van der Waals surface area contributed by atoms with Crippen LogP contribution in [0.3, 0.4) is 0 Å². The van der Waals surface area contributed by atoms with Gasteiger partial charge in [-0.1, -0.05) is 26.8 Å². The van der Waals surface area contributed by atoms with Gasteiger partial charge < -0.3 is 10.4 Å². The van der Waals surface area contributed by atoms with Gasteiger partial charge in [0.2, 0.25) is 0 Å². The van der Waals surface area contributed by atoms with Crippen molar-refractivity contribution in [2.75, 3.05) is 0 Å². The van der Waals surface area contributed by atoms with Crippen LogP contribution in [-0.2, 0) is 10.2 Å². The van der Waals surface area contributed by atoms with Crippen molar-refractivity contribution >= 4 is 17.6 Å². The van der Waals surface area contributed by atoms with E-state index in [-0.39, 0.29) is 11.3 Å². The number of nitro groups is 1. The summed E-state index contributed by atoms with van der Waals surface area (Å²) in [6, 6.07) is 4.16. The second-order valence-corrected chi connectivity index (χ2v) is 6.62. The number of aliphatic carboxylic acids is 1. The Morgan fingerprint density at radius 1 is 1.18 bits per heavy atom. The quantitative estimate of drug-likeness (QED) is 0.656. The summed E-state index contributed by atoms with van der Waals surface area (Å²) in [5, 5.41) is 22.6. The number of nitrogens with one attached hydrogen (secondary N) is 1. The average molecular weight is 308 g/mol. The Morgan fingerprint density at radius 2 is 1.73 bits per heavy atom. The van der Waals surface area contributed by atoms with E-state index in [1.165, 1.54) is 32.0 Å². The number of carbonyl (C=O) groups is 2. The second-order valence-electron chi connectivity index (χ2n) is 6.62. The number of carboxylic acids is 1. The summed E-state index contributed by atoms with van der Waals surface area (Å²) in [7, 11) is 0. The standard InChI is InChI=1S/C15H20N2O5/c1-14(2,3)10-7-6-9(8-11(10)17(21)22)12(18)16-15(4,5)13(19)20/h6-8H,1-5H3,(H,16,18)(H,19,20). The van der Waals surface area contributed by atoms with Crippen LogP contribution in [0.15, 0.2) is 18.2 Å². The predicted molar refractivity (Wildman–Crippen MR) is 81.0 cm³/mol. The Hall–Kier alpha value is -2.44. The van der Waals surface area contributed by atoms with Gasteiger partial charge in [-0.25, -0.2) is 4.79 Å². The first kappa shape index (κ1) is 17.6. The minimum atomic E-state index is -1.46. The molecule has 1 amide bonds. The van der Waals surface area contributed by atoms with Crippen LogP contribution in [0.25, 0.3) is 0 Å². The van der Waals surface area contributed by atoms with Crippen LogP contribution in [0.1, 0.15) is 50.5 Å². The summed E-state index contributed by atoms with van der Waals surface area (Å²) in [6.45, 7) is 8.18. The third-order valence-electron chi connectivity index (χ3n) is 3.23. The molecule has 0 saturated heterocycles. The third-order valence-corrected chi connectivity index (χ3v) is 3.23. The van der Waals surface area contributed by atoms with Gasteiger partial charge in [0.05, 0.1) is 4.92 Å². The van der Waals surface area contributed by atoms with E-state index in [1.54, 1.807) is 0 Å². The van der Waals surface area contributed by atoms with E-state index in [2.05, 4.69) is 5.32 Å². The van der Waals surface area contributed by atoms with Crippen LogP contribution in [-0.4, -0.2) is 27.4 Å². The number of amides is 1. The smallest absolute Gasteiger partial charge is 0.328 e. The molecule has 7 nitrogen and oxygen atoms in total. The Balaban J connectivity index is 3.24. The van der Waals surface area contributed by atoms with Gasteiger partial charge in [-0.2, -0.15) is 0 Å². The van der Waals surface area contributed by atoms with Gasteiger partial charge in [0.1, 0.15) is 5.54 Å². The van der Waals surface area contributed by atoms with Gasteiger partial charge in [0.15, 0.2) is 0 Å². The number of benzene rings is 1. The first-order chi connectivity index (χ1) is 9.86. The van der Waals surface area contributed by atoms with E-state index in [4.69, 9.17) is 5.11 Å². The van der Waals surface area contributed by atoms with Crippen molar-refractivity contribution in [3.63, 3.8) is 0 Å². The van der Waals surface area contributed by atoms with Crippen LogP contribution in [0, 0.1) is 10.1 Å². The van der Waals surface area contributed by atoms with Crippen LogP contribution < -0.4 is 5.32 Å². The van der Waals surface area contributed by atoms with Gasteiger partial charge >= 0.3 is 5.97 Å². The van der Waals surface area contributed by atoms with Gasteiger partial charge in [-0.05, 0) is 25.3 Å². The van der Waals surface area contributed by atoms with E-state index in [9.17, 15) is 19.7 Å². The van der Waals surface area contributed by atoms with Crippen molar-refractivity contribution in [3.8, 4) is 0 Å². The van der Waals surface area contributed by atoms with E-state index < -0.39 is 27.8 Å². The van der Waals surface area contributed by atoms with Crippen LogP contribution in [0.2, 0.25) is 0 Å². The van der Waals surface area contributed by atoms with E-state index >= 15 is 0 Å². The molecule has 7 heteroatoms. The fourth-order valence-corrected chi connectivity index (χ4v) is 1.87. The molecule has 2 N–H and O–H groups in total. The molecule has 0 unspecified atom stereocenters. The molecule has 0 spiro atoms. The normalized spacial score (nSPS) is 11.9. The monoisotopic (exact) mass is 308 g/mol. The summed E-state index contributed by atoms with van der Waals surface area (Å²) < 4.78 is 0. The average Bonchev–Trinajstić information content (AvgIpc) is 2.36. The fraction of sp³-hybridized carbons (Fsp3) is 0.467. The summed E-state index contributed by atoms with van der Waals surface area (Å²) in [6.07, 6.45) is 0. The molecular formula is C15H20N2O5. The zero-order valence-electron chi connectivity index (χ0n) is 13.3. The molecule has 1 aromatic rings. The van der Waals surface area contributed by atoms with Crippen molar-refractivity contribution in [2.45, 2.75) is 45.6 Å². The second kappa shape index (κ2) is 5.75. The zero-order chi connectivity index (χ0) is 17.3. The number of hydrogen-bond acceptors (Lipinski definition) is 4. The third kappa shape index (κ3) is 3.81. The lowest BCUT2D eigenvalue weighted by molar-refractivity contribution is -0.386. The van der Waals surface area contributed by atoms with Gasteiger partial charge in [-0.3, -0.25) is 14.9 Å². The Labute approximate surface area is 128 Å². The minimum Gasteiger partial charge on any atom is -0.480 e. The zero-order valence-corrected chi connectivity index (χ0v) is 13.3. The fourth-order valence-electron chi connectivity index (χ4n) is 1.87. The highest BCUT2D eigenvalue weighted by Gasteiger charge is 2.31. The molecule has 0 aliphatic heterocycles. The topological polar surface area (TPSA) is 110 Å².